The fourth-order valence-corrected chi connectivity index (χ4v) is 4.62. The number of ether oxygens (including phenoxy) is 3. The van der Waals surface area contributed by atoms with Crippen molar-refractivity contribution in [3.8, 4) is 17.2 Å². The van der Waals surface area contributed by atoms with Crippen LogP contribution in [0.3, 0.4) is 0 Å². The van der Waals surface area contributed by atoms with Crippen LogP contribution in [-0.2, 0) is 16.1 Å². The van der Waals surface area contributed by atoms with Gasteiger partial charge in [0.05, 0.1) is 36.9 Å². The number of carbonyl (C=O) groups is 3. The number of nitrogens with two attached hydrogens (primary N) is 1. The van der Waals surface area contributed by atoms with Crippen LogP contribution in [0.4, 0.5) is 5.69 Å². The van der Waals surface area contributed by atoms with Gasteiger partial charge in [-0.25, -0.2) is 9.79 Å². The number of aliphatic imine (C=N–C) groups is 1. The van der Waals surface area contributed by atoms with Gasteiger partial charge in [0, 0.05) is 0 Å². The van der Waals surface area contributed by atoms with Gasteiger partial charge in [-0.15, -0.1) is 0 Å². The number of hydrogen-bond acceptors (Lipinski definition) is 8. The molecule has 2 amide bonds. The number of amides is 2. The number of carboxylic acids is 1. The standard InChI is InChI=1S/C28H25N3O7S/c1-36-21-10-8-20(9-11-21)30-28-31(15-17-3-6-19(7-4-17)27(34)35)26(33)24(39-28)14-18-5-12-22(23(13-18)37-2)38-16-25(29)32/h3-14H,15-16H2,1-2H3,(H2,29,32)(H,34,35)/b24-14-,30-28?. The molecule has 0 unspecified atom stereocenters. The van der Waals surface area contributed by atoms with E-state index < -0.39 is 11.9 Å². The molecule has 1 aliphatic heterocycles. The van der Waals surface area contributed by atoms with Crippen LogP contribution in [0.5, 0.6) is 17.2 Å². The molecule has 3 N–H and O–H groups in total. The minimum atomic E-state index is -1.03. The van der Waals surface area contributed by atoms with Crippen molar-refractivity contribution in [2.75, 3.05) is 20.8 Å². The second kappa shape index (κ2) is 12.2. The second-order valence-corrected chi connectivity index (χ2v) is 9.27. The Morgan fingerprint density at radius 2 is 1.72 bits per heavy atom. The number of carbonyl (C=O) groups excluding carboxylic acids is 2. The second-order valence-electron chi connectivity index (χ2n) is 8.26. The van der Waals surface area contributed by atoms with Gasteiger partial charge < -0.3 is 25.1 Å². The third-order valence-electron chi connectivity index (χ3n) is 5.58. The molecule has 0 spiro atoms. The highest BCUT2D eigenvalue weighted by atomic mass is 32.2. The summed E-state index contributed by atoms with van der Waals surface area (Å²) in [5.74, 6) is -0.495. The van der Waals surface area contributed by atoms with Crippen molar-refractivity contribution in [2.24, 2.45) is 10.7 Å². The summed E-state index contributed by atoms with van der Waals surface area (Å²) in [6.45, 7) is -0.0972. The zero-order chi connectivity index (χ0) is 27.9. The summed E-state index contributed by atoms with van der Waals surface area (Å²) in [6.07, 6.45) is 1.71. The number of primary amides is 1. The quantitative estimate of drug-likeness (QED) is 0.362. The molecule has 10 nitrogen and oxygen atoms in total. The molecule has 0 aromatic heterocycles. The van der Waals surface area contributed by atoms with E-state index in [1.54, 1.807) is 67.8 Å². The Morgan fingerprint density at radius 3 is 2.33 bits per heavy atom. The number of hydrogen-bond donors (Lipinski definition) is 2. The van der Waals surface area contributed by atoms with Crippen molar-refractivity contribution in [3.63, 3.8) is 0 Å². The molecule has 1 fully saturated rings. The molecule has 0 bridgehead atoms. The number of nitrogens with zero attached hydrogens (tertiary/aromatic N) is 2. The number of carboxylic acid groups (broad SMARTS) is 1. The largest absolute Gasteiger partial charge is 0.497 e. The molecule has 0 atom stereocenters. The van der Waals surface area contributed by atoms with Crippen LogP contribution in [0.2, 0.25) is 0 Å². The van der Waals surface area contributed by atoms with Crippen LogP contribution < -0.4 is 19.9 Å². The third-order valence-corrected chi connectivity index (χ3v) is 6.59. The van der Waals surface area contributed by atoms with Gasteiger partial charge in [-0.1, -0.05) is 18.2 Å². The predicted molar refractivity (Wildman–Crippen MR) is 147 cm³/mol. The summed E-state index contributed by atoms with van der Waals surface area (Å²) < 4.78 is 16.0. The summed E-state index contributed by atoms with van der Waals surface area (Å²) in [6, 6.07) is 18.5. The molecule has 0 saturated carbocycles. The number of rotatable bonds is 10. The molecule has 200 valence electrons. The van der Waals surface area contributed by atoms with Gasteiger partial charge in [0.25, 0.3) is 11.8 Å². The summed E-state index contributed by atoms with van der Waals surface area (Å²) in [7, 11) is 3.04. The fraction of sp³-hybridized carbons (Fsp3) is 0.143. The highest BCUT2D eigenvalue weighted by Crippen LogP contribution is 2.37. The van der Waals surface area contributed by atoms with Gasteiger partial charge in [-0.3, -0.25) is 14.5 Å². The Hall–Kier alpha value is -4.77. The first-order valence-corrected chi connectivity index (χ1v) is 12.4. The number of aromatic carboxylic acids is 1. The van der Waals surface area contributed by atoms with Crippen molar-refractivity contribution in [1.82, 2.24) is 4.90 Å². The Kier molecular flexibility index (Phi) is 8.52. The van der Waals surface area contributed by atoms with E-state index in [1.165, 1.54) is 35.9 Å². The van der Waals surface area contributed by atoms with E-state index in [-0.39, 0.29) is 24.6 Å². The Morgan fingerprint density at radius 1 is 1.00 bits per heavy atom. The van der Waals surface area contributed by atoms with Crippen LogP contribution in [0, 0.1) is 0 Å². The van der Waals surface area contributed by atoms with Crippen LogP contribution in [0.1, 0.15) is 21.5 Å². The van der Waals surface area contributed by atoms with Crippen LogP contribution in [0.15, 0.2) is 76.6 Å². The minimum Gasteiger partial charge on any atom is -0.497 e. The van der Waals surface area contributed by atoms with Crippen molar-refractivity contribution in [3.05, 3.63) is 88.3 Å². The predicted octanol–water partition coefficient (Wildman–Crippen LogP) is 4.07. The van der Waals surface area contributed by atoms with E-state index in [1.807, 2.05) is 0 Å². The van der Waals surface area contributed by atoms with E-state index in [2.05, 4.69) is 0 Å². The molecule has 39 heavy (non-hydrogen) atoms. The van der Waals surface area contributed by atoms with Crippen molar-refractivity contribution >= 4 is 46.5 Å². The zero-order valence-electron chi connectivity index (χ0n) is 21.1. The van der Waals surface area contributed by atoms with E-state index >= 15 is 0 Å². The summed E-state index contributed by atoms with van der Waals surface area (Å²) >= 11 is 1.21. The molecule has 1 saturated heterocycles. The SMILES string of the molecule is COc1ccc(N=C2S/C(=C\c3ccc(OCC(N)=O)c(OC)c3)C(=O)N2Cc2ccc(C(=O)O)cc2)cc1. The lowest BCUT2D eigenvalue weighted by atomic mass is 10.1. The first-order valence-electron chi connectivity index (χ1n) is 11.6. The average molecular weight is 548 g/mol. The van der Waals surface area contributed by atoms with Gasteiger partial charge in [-0.2, -0.15) is 0 Å². The Balaban J connectivity index is 1.66. The zero-order valence-corrected chi connectivity index (χ0v) is 21.9. The molecule has 0 aliphatic carbocycles. The lowest BCUT2D eigenvalue weighted by Gasteiger charge is -2.16. The molecule has 1 aliphatic rings. The van der Waals surface area contributed by atoms with Crippen molar-refractivity contribution < 1.29 is 33.7 Å². The topological polar surface area (TPSA) is 141 Å². The number of benzene rings is 3. The Bertz CT molecular complexity index is 1450. The maximum absolute atomic E-state index is 13.5. The maximum atomic E-state index is 13.5. The molecule has 1 heterocycles. The summed E-state index contributed by atoms with van der Waals surface area (Å²) in [5.41, 5.74) is 7.37. The van der Waals surface area contributed by atoms with Gasteiger partial charge in [0.2, 0.25) is 0 Å². The van der Waals surface area contributed by atoms with E-state index in [0.29, 0.717) is 38.6 Å². The summed E-state index contributed by atoms with van der Waals surface area (Å²) in [5, 5.41) is 9.65. The smallest absolute Gasteiger partial charge is 0.335 e. The first-order chi connectivity index (χ1) is 18.8. The minimum absolute atomic E-state index is 0.158. The van der Waals surface area contributed by atoms with Gasteiger partial charge >= 0.3 is 5.97 Å². The number of thioether (sulfide) groups is 1. The molecule has 4 rings (SSSR count). The van der Waals surface area contributed by atoms with E-state index in [4.69, 9.17) is 24.9 Å². The maximum Gasteiger partial charge on any atom is 0.335 e. The molecular formula is C28H25N3O7S. The third kappa shape index (κ3) is 6.76. The van der Waals surface area contributed by atoms with Gasteiger partial charge in [0.15, 0.2) is 23.3 Å². The van der Waals surface area contributed by atoms with Crippen molar-refractivity contribution in [1.29, 1.82) is 0 Å². The first kappa shape index (κ1) is 27.3. The fourth-order valence-electron chi connectivity index (χ4n) is 3.63. The lowest BCUT2D eigenvalue weighted by Crippen LogP contribution is -2.28. The average Bonchev–Trinajstić information content (AvgIpc) is 3.21. The van der Waals surface area contributed by atoms with Gasteiger partial charge in [-0.05, 0) is 77.5 Å². The van der Waals surface area contributed by atoms with Gasteiger partial charge in [0.1, 0.15) is 5.75 Å². The molecule has 3 aromatic carbocycles. The summed E-state index contributed by atoms with van der Waals surface area (Å²) in [4.78, 5) is 42.5. The van der Waals surface area contributed by atoms with E-state index in [0.717, 1.165) is 5.56 Å². The van der Waals surface area contributed by atoms with Crippen LogP contribution >= 0.6 is 11.8 Å². The number of amidine groups is 1. The van der Waals surface area contributed by atoms with Crippen LogP contribution in [0.25, 0.3) is 6.08 Å². The molecule has 3 aromatic rings. The molecular weight excluding hydrogens is 522 g/mol. The van der Waals surface area contributed by atoms with Crippen molar-refractivity contribution in [2.45, 2.75) is 6.54 Å². The molecule has 11 heteroatoms. The Labute approximate surface area is 228 Å². The monoisotopic (exact) mass is 547 g/mol. The number of methoxy groups -OCH3 is 2. The normalized spacial score (nSPS) is 15.0. The highest BCUT2D eigenvalue weighted by molar-refractivity contribution is 8.18. The van der Waals surface area contributed by atoms with Crippen LogP contribution in [-0.4, -0.2) is 53.8 Å². The lowest BCUT2D eigenvalue weighted by molar-refractivity contribution is -0.122. The highest BCUT2D eigenvalue weighted by Gasteiger charge is 2.33. The van der Waals surface area contributed by atoms with E-state index in [9.17, 15) is 19.5 Å². The molecule has 0 radical (unpaired) electrons.